The van der Waals surface area contributed by atoms with Crippen molar-refractivity contribution in [3.05, 3.63) is 53.9 Å². The maximum atomic E-state index is 13.2. The van der Waals surface area contributed by atoms with Crippen molar-refractivity contribution >= 4 is 10.0 Å². The number of aryl methyl sites for hydroxylation is 1. The molecule has 136 valence electrons. The minimum absolute atomic E-state index is 0.154. The topological polar surface area (TPSA) is 58.4 Å². The van der Waals surface area contributed by atoms with Crippen LogP contribution in [0.1, 0.15) is 11.4 Å². The molecule has 8 heteroatoms. The van der Waals surface area contributed by atoms with Crippen LogP contribution in [0, 0.1) is 12.7 Å². The summed E-state index contributed by atoms with van der Waals surface area (Å²) in [6.07, 6.45) is 3.74. The second-order valence-corrected chi connectivity index (χ2v) is 8.26. The van der Waals surface area contributed by atoms with Crippen molar-refractivity contribution in [2.45, 2.75) is 19.2 Å². The van der Waals surface area contributed by atoms with Crippen LogP contribution in [0.5, 0.6) is 0 Å². The molecule has 3 rings (SSSR count). The van der Waals surface area contributed by atoms with E-state index in [4.69, 9.17) is 0 Å². The van der Waals surface area contributed by atoms with Crippen molar-refractivity contribution < 1.29 is 12.8 Å². The number of rotatable bonds is 6. The van der Waals surface area contributed by atoms with E-state index in [1.165, 1.54) is 22.5 Å². The molecule has 0 amide bonds. The first-order chi connectivity index (χ1) is 11.9. The molecular weight excluding hydrogens is 343 g/mol. The molecule has 0 bridgehead atoms. The van der Waals surface area contributed by atoms with Crippen LogP contribution in [0.15, 0.2) is 36.7 Å². The van der Waals surface area contributed by atoms with E-state index < -0.39 is 15.8 Å². The van der Waals surface area contributed by atoms with Crippen molar-refractivity contribution in [3.8, 4) is 0 Å². The average molecular weight is 366 g/mol. The van der Waals surface area contributed by atoms with Crippen LogP contribution in [0.25, 0.3) is 0 Å². The fourth-order valence-corrected chi connectivity index (χ4v) is 4.55. The molecule has 1 aromatic carbocycles. The average Bonchev–Trinajstić information content (AvgIpc) is 2.98. The summed E-state index contributed by atoms with van der Waals surface area (Å²) in [6, 6.07) is 5.78. The number of sulfonamides is 1. The Bertz CT molecular complexity index is 814. The summed E-state index contributed by atoms with van der Waals surface area (Å²) < 4.78 is 41.9. The van der Waals surface area contributed by atoms with E-state index in [1.807, 2.05) is 13.1 Å². The predicted octanol–water partition coefficient (Wildman–Crippen LogP) is 1.48. The van der Waals surface area contributed by atoms with Gasteiger partial charge in [0.2, 0.25) is 10.0 Å². The van der Waals surface area contributed by atoms with Gasteiger partial charge in [-0.3, -0.25) is 4.90 Å². The van der Waals surface area contributed by atoms with Gasteiger partial charge in [-0.25, -0.2) is 17.8 Å². The minimum atomic E-state index is -3.42. The van der Waals surface area contributed by atoms with E-state index in [0.717, 1.165) is 18.9 Å². The van der Waals surface area contributed by atoms with Crippen LogP contribution in [0.4, 0.5) is 4.39 Å². The summed E-state index contributed by atoms with van der Waals surface area (Å²) in [5.41, 5.74) is 0.484. The van der Waals surface area contributed by atoms with Crippen LogP contribution in [0.2, 0.25) is 0 Å². The summed E-state index contributed by atoms with van der Waals surface area (Å²) >= 11 is 0. The van der Waals surface area contributed by atoms with Gasteiger partial charge in [-0.1, -0.05) is 12.1 Å². The van der Waals surface area contributed by atoms with Crippen molar-refractivity contribution in [2.75, 3.05) is 32.7 Å². The zero-order valence-electron chi connectivity index (χ0n) is 14.3. The van der Waals surface area contributed by atoms with Gasteiger partial charge in [0.1, 0.15) is 11.6 Å². The van der Waals surface area contributed by atoms with Crippen LogP contribution in [-0.4, -0.2) is 59.9 Å². The summed E-state index contributed by atoms with van der Waals surface area (Å²) in [5, 5.41) is 0. The molecule has 1 saturated heterocycles. The molecule has 0 radical (unpaired) electrons. The normalized spacial score (nSPS) is 17.0. The van der Waals surface area contributed by atoms with Gasteiger partial charge in [0, 0.05) is 51.7 Å². The highest BCUT2D eigenvalue weighted by atomic mass is 32.2. The van der Waals surface area contributed by atoms with Crippen molar-refractivity contribution in [1.82, 2.24) is 18.8 Å². The van der Waals surface area contributed by atoms with Crippen molar-refractivity contribution in [3.63, 3.8) is 0 Å². The van der Waals surface area contributed by atoms with Gasteiger partial charge >= 0.3 is 0 Å². The van der Waals surface area contributed by atoms with Gasteiger partial charge in [0.15, 0.2) is 0 Å². The molecule has 6 nitrogen and oxygen atoms in total. The number of nitrogens with zero attached hydrogens (tertiary/aromatic N) is 4. The number of piperazine rings is 1. The lowest BCUT2D eigenvalue weighted by atomic mass is 10.2. The molecule has 25 heavy (non-hydrogen) atoms. The molecular formula is C17H23FN4O2S. The lowest BCUT2D eigenvalue weighted by Gasteiger charge is -2.34. The Morgan fingerprint density at radius 2 is 1.92 bits per heavy atom. The Kier molecular flexibility index (Phi) is 5.51. The summed E-state index contributed by atoms with van der Waals surface area (Å²) in [4.78, 5) is 6.46. The molecule has 2 aromatic rings. The molecule has 0 atom stereocenters. The van der Waals surface area contributed by atoms with Gasteiger partial charge in [-0.15, -0.1) is 0 Å². The first kappa shape index (κ1) is 18.0. The molecule has 2 heterocycles. The molecule has 1 aliphatic heterocycles. The molecule has 0 saturated carbocycles. The third kappa shape index (κ3) is 4.65. The standard InChI is InChI=1S/C17H23FN4O2S/c1-15-19-5-6-21(15)10-7-20-8-11-22(12-9-20)25(23,24)14-16-3-2-4-17(18)13-16/h2-6,13H,7-12,14H2,1H3. The monoisotopic (exact) mass is 366 g/mol. The Morgan fingerprint density at radius 3 is 2.56 bits per heavy atom. The van der Waals surface area contributed by atoms with E-state index in [2.05, 4.69) is 14.5 Å². The van der Waals surface area contributed by atoms with E-state index in [1.54, 1.807) is 12.3 Å². The SMILES string of the molecule is Cc1nccn1CCN1CCN(S(=O)(=O)Cc2cccc(F)c2)CC1. The van der Waals surface area contributed by atoms with Gasteiger partial charge in [-0.2, -0.15) is 4.31 Å². The lowest BCUT2D eigenvalue weighted by Crippen LogP contribution is -2.49. The maximum Gasteiger partial charge on any atom is 0.218 e. The largest absolute Gasteiger partial charge is 0.334 e. The minimum Gasteiger partial charge on any atom is -0.334 e. The first-order valence-corrected chi connectivity index (χ1v) is 9.97. The number of hydrogen-bond acceptors (Lipinski definition) is 4. The van der Waals surface area contributed by atoms with E-state index in [9.17, 15) is 12.8 Å². The highest BCUT2D eigenvalue weighted by molar-refractivity contribution is 7.88. The second kappa shape index (κ2) is 7.63. The molecule has 1 aliphatic rings. The number of imidazole rings is 1. The van der Waals surface area contributed by atoms with Crippen molar-refractivity contribution in [2.24, 2.45) is 0 Å². The third-order valence-electron chi connectivity index (χ3n) is 4.54. The highest BCUT2D eigenvalue weighted by Gasteiger charge is 2.27. The van der Waals surface area contributed by atoms with E-state index >= 15 is 0 Å². The third-order valence-corrected chi connectivity index (χ3v) is 6.39. The van der Waals surface area contributed by atoms with Crippen LogP contribution in [0.3, 0.4) is 0 Å². The Hall–Kier alpha value is -1.77. The molecule has 1 aromatic heterocycles. The number of halogens is 1. The molecule has 0 aliphatic carbocycles. The zero-order valence-corrected chi connectivity index (χ0v) is 15.1. The Labute approximate surface area is 147 Å². The quantitative estimate of drug-likeness (QED) is 0.777. The van der Waals surface area contributed by atoms with Gasteiger partial charge < -0.3 is 4.57 Å². The number of benzene rings is 1. The molecule has 0 unspecified atom stereocenters. The van der Waals surface area contributed by atoms with Crippen LogP contribution >= 0.6 is 0 Å². The highest BCUT2D eigenvalue weighted by Crippen LogP contribution is 2.14. The Balaban J connectivity index is 1.51. The van der Waals surface area contributed by atoms with Gasteiger partial charge in [0.05, 0.1) is 5.75 Å². The number of hydrogen-bond donors (Lipinski definition) is 0. The Morgan fingerprint density at radius 1 is 1.16 bits per heavy atom. The fourth-order valence-electron chi connectivity index (χ4n) is 3.05. The van der Waals surface area contributed by atoms with E-state index in [-0.39, 0.29) is 5.75 Å². The fraction of sp³-hybridized carbons (Fsp3) is 0.471. The van der Waals surface area contributed by atoms with Gasteiger partial charge in [0.25, 0.3) is 0 Å². The zero-order chi connectivity index (χ0) is 17.9. The van der Waals surface area contributed by atoms with Gasteiger partial charge in [-0.05, 0) is 24.6 Å². The maximum absolute atomic E-state index is 13.2. The van der Waals surface area contributed by atoms with E-state index in [0.29, 0.717) is 31.7 Å². The number of aromatic nitrogens is 2. The molecule has 1 fully saturated rings. The molecule has 0 N–H and O–H groups in total. The van der Waals surface area contributed by atoms with Crippen molar-refractivity contribution in [1.29, 1.82) is 0 Å². The molecule has 0 spiro atoms. The summed E-state index contributed by atoms with van der Waals surface area (Å²) in [5.74, 6) is 0.419. The first-order valence-electron chi connectivity index (χ1n) is 8.36. The summed E-state index contributed by atoms with van der Waals surface area (Å²) in [6.45, 7) is 6.04. The smallest absolute Gasteiger partial charge is 0.218 e. The lowest BCUT2D eigenvalue weighted by molar-refractivity contribution is 0.182. The predicted molar refractivity (Wildman–Crippen MR) is 94.0 cm³/mol. The second-order valence-electron chi connectivity index (χ2n) is 6.29. The van der Waals surface area contributed by atoms with Crippen LogP contribution < -0.4 is 0 Å². The summed E-state index contributed by atoms with van der Waals surface area (Å²) in [7, 11) is -3.42. The van der Waals surface area contributed by atoms with Crippen LogP contribution in [-0.2, 0) is 22.3 Å².